The highest BCUT2D eigenvalue weighted by molar-refractivity contribution is 6.46. The average molecular weight is 405 g/mol. The minimum atomic E-state index is -0.784. The summed E-state index contributed by atoms with van der Waals surface area (Å²) in [5.41, 5.74) is 1.03. The van der Waals surface area contributed by atoms with Crippen LogP contribution in [0.2, 0.25) is 0 Å². The first-order valence-corrected chi connectivity index (χ1v) is 9.61. The molecule has 0 saturated carbocycles. The van der Waals surface area contributed by atoms with Gasteiger partial charge in [-0.2, -0.15) is 0 Å². The van der Waals surface area contributed by atoms with E-state index in [1.165, 1.54) is 29.2 Å². The summed E-state index contributed by atoms with van der Waals surface area (Å²) in [4.78, 5) is 31.1. The Morgan fingerprint density at radius 1 is 1.03 bits per heavy atom. The zero-order chi connectivity index (χ0) is 21.1. The van der Waals surface area contributed by atoms with Gasteiger partial charge in [-0.25, -0.2) is 9.37 Å². The summed E-state index contributed by atoms with van der Waals surface area (Å²) in [5.74, 6) is -2.07. The van der Waals surface area contributed by atoms with Gasteiger partial charge in [0.1, 0.15) is 11.6 Å². The Labute approximate surface area is 172 Å². The standard InChI is InChI=1S/C23H20FN3O3/c24-18-9-7-16(8-10-18)20-19(21(28)17-5-2-1-3-6-17)22(29)23(30)27(20)13-4-12-26-14-11-25-15-26/h1-3,5-11,14-15,20,28H,4,12-13H2/t20-/m0/s1. The summed E-state index contributed by atoms with van der Waals surface area (Å²) in [5, 5.41) is 10.9. The van der Waals surface area contributed by atoms with E-state index < -0.39 is 23.5 Å². The lowest BCUT2D eigenvalue weighted by atomic mass is 9.95. The van der Waals surface area contributed by atoms with Crippen LogP contribution in [-0.4, -0.2) is 37.8 Å². The second-order valence-corrected chi connectivity index (χ2v) is 7.06. The van der Waals surface area contributed by atoms with Crippen LogP contribution in [0.3, 0.4) is 0 Å². The van der Waals surface area contributed by atoms with Gasteiger partial charge in [-0.05, 0) is 24.1 Å². The van der Waals surface area contributed by atoms with Crippen molar-refractivity contribution in [3.8, 4) is 0 Å². The van der Waals surface area contributed by atoms with Crippen molar-refractivity contribution in [1.82, 2.24) is 14.5 Å². The van der Waals surface area contributed by atoms with E-state index >= 15 is 0 Å². The molecule has 152 valence electrons. The van der Waals surface area contributed by atoms with E-state index in [-0.39, 0.29) is 11.3 Å². The van der Waals surface area contributed by atoms with Crippen LogP contribution >= 0.6 is 0 Å². The number of nitrogens with zero attached hydrogens (tertiary/aromatic N) is 3. The third kappa shape index (κ3) is 3.74. The van der Waals surface area contributed by atoms with Gasteiger partial charge in [-0.3, -0.25) is 9.59 Å². The lowest BCUT2D eigenvalue weighted by Crippen LogP contribution is -2.31. The molecule has 1 atom stereocenters. The number of aromatic nitrogens is 2. The molecule has 1 saturated heterocycles. The second-order valence-electron chi connectivity index (χ2n) is 7.06. The summed E-state index contributed by atoms with van der Waals surface area (Å²) < 4.78 is 15.4. The first kappa shape index (κ1) is 19.6. The van der Waals surface area contributed by atoms with Gasteiger partial charge in [0.25, 0.3) is 11.7 Å². The minimum Gasteiger partial charge on any atom is -0.507 e. The van der Waals surface area contributed by atoms with Gasteiger partial charge in [-0.15, -0.1) is 0 Å². The zero-order valence-corrected chi connectivity index (χ0v) is 16.1. The highest BCUT2D eigenvalue weighted by atomic mass is 19.1. The largest absolute Gasteiger partial charge is 0.507 e. The number of hydrogen-bond acceptors (Lipinski definition) is 4. The number of aliphatic hydroxyl groups is 1. The van der Waals surface area contributed by atoms with E-state index in [1.807, 2.05) is 10.8 Å². The summed E-state index contributed by atoms with van der Waals surface area (Å²) in [7, 11) is 0. The van der Waals surface area contributed by atoms with Crippen LogP contribution in [0, 0.1) is 5.82 Å². The average Bonchev–Trinajstić information content (AvgIpc) is 3.37. The molecule has 1 N–H and O–H groups in total. The monoisotopic (exact) mass is 405 g/mol. The van der Waals surface area contributed by atoms with Crippen molar-refractivity contribution in [2.24, 2.45) is 0 Å². The Morgan fingerprint density at radius 2 is 1.77 bits per heavy atom. The first-order chi connectivity index (χ1) is 14.6. The van der Waals surface area contributed by atoms with Crippen LogP contribution in [0.15, 0.2) is 78.9 Å². The summed E-state index contributed by atoms with van der Waals surface area (Å²) >= 11 is 0. The van der Waals surface area contributed by atoms with Crippen LogP contribution in [0.4, 0.5) is 4.39 Å². The number of halogens is 1. The van der Waals surface area contributed by atoms with Crippen LogP contribution in [-0.2, 0) is 16.1 Å². The van der Waals surface area contributed by atoms with Gasteiger partial charge in [0.05, 0.1) is 17.9 Å². The van der Waals surface area contributed by atoms with Crippen LogP contribution in [0.5, 0.6) is 0 Å². The zero-order valence-electron chi connectivity index (χ0n) is 16.1. The predicted molar refractivity (Wildman–Crippen MR) is 109 cm³/mol. The molecule has 0 bridgehead atoms. The van der Waals surface area contributed by atoms with Crippen molar-refractivity contribution in [1.29, 1.82) is 0 Å². The Kier molecular flexibility index (Phi) is 5.43. The fourth-order valence-electron chi connectivity index (χ4n) is 3.70. The quantitative estimate of drug-likeness (QED) is 0.387. The third-order valence-electron chi connectivity index (χ3n) is 5.15. The molecule has 1 aromatic heterocycles. The van der Waals surface area contributed by atoms with Crippen LogP contribution in [0.1, 0.15) is 23.6 Å². The maximum atomic E-state index is 13.5. The molecule has 1 aliphatic rings. The number of rotatable bonds is 6. The molecular formula is C23H20FN3O3. The third-order valence-corrected chi connectivity index (χ3v) is 5.15. The lowest BCUT2D eigenvalue weighted by molar-refractivity contribution is -0.139. The van der Waals surface area contributed by atoms with Gasteiger partial charge in [0, 0.05) is 31.0 Å². The van der Waals surface area contributed by atoms with Crippen molar-refractivity contribution in [2.45, 2.75) is 19.0 Å². The number of carbonyl (C=O) groups excluding carboxylic acids is 2. The van der Waals surface area contributed by atoms with E-state index in [0.717, 1.165) is 0 Å². The molecule has 0 spiro atoms. The second kappa shape index (κ2) is 8.32. The van der Waals surface area contributed by atoms with Gasteiger partial charge >= 0.3 is 0 Å². The molecule has 1 aliphatic heterocycles. The maximum Gasteiger partial charge on any atom is 0.295 e. The molecule has 7 heteroatoms. The van der Waals surface area contributed by atoms with Gasteiger partial charge in [-0.1, -0.05) is 42.5 Å². The highest BCUT2D eigenvalue weighted by Gasteiger charge is 2.45. The number of benzene rings is 2. The molecule has 0 aliphatic carbocycles. The fraction of sp³-hybridized carbons (Fsp3) is 0.174. The SMILES string of the molecule is O=C1C(=O)N(CCCn2ccnc2)[C@@H](c2ccc(F)cc2)C1=C(O)c1ccccc1. The summed E-state index contributed by atoms with van der Waals surface area (Å²) in [6, 6.07) is 13.5. The number of likely N-dealkylation sites (tertiary alicyclic amines) is 1. The Morgan fingerprint density at radius 3 is 2.43 bits per heavy atom. The lowest BCUT2D eigenvalue weighted by Gasteiger charge is -2.25. The van der Waals surface area contributed by atoms with Gasteiger partial charge in [0.15, 0.2) is 0 Å². The molecule has 0 unspecified atom stereocenters. The molecule has 2 aromatic carbocycles. The Hall–Kier alpha value is -3.74. The van der Waals surface area contributed by atoms with Crippen molar-refractivity contribution < 1.29 is 19.1 Å². The number of aryl methyl sites for hydroxylation is 1. The van der Waals surface area contributed by atoms with Crippen molar-refractivity contribution >= 4 is 17.4 Å². The molecule has 4 rings (SSSR count). The number of ketones is 1. The smallest absolute Gasteiger partial charge is 0.295 e. The van der Waals surface area contributed by atoms with Crippen molar-refractivity contribution in [3.63, 3.8) is 0 Å². The Bertz CT molecular complexity index is 1080. The van der Waals surface area contributed by atoms with E-state index in [0.29, 0.717) is 30.6 Å². The first-order valence-electron chi connectivity index (χ1n) is 9.61. The van der Waals surface area contributed by atoms with E-state index in [4.69, 9.17) is 0 Å². The van der Waals surface area contributed by atoms with Crippen LogP contribution in [0.25, 0.3) is 5.76 Å². The topological polar surface area (TPSA) is 75.4 Å². The molecule has 1 amide bonds. The number of amides is 1. The number of hydrogen-bond donors (Lipinski definition) is 1. The van der Waals surface area contributed by atoms with Gasteiger partial charge in [0.2, 0.25) is 0 Å². The number of carbonyl (C=O) groups is 2. The molecule has 3 aromatic rings. The van der Waals surface area contributed by atoms with Crippen LogP contribution < -0.4 is 0 Å². The fourth-order valence-corrected chi connectivity index (χ4v) is 3.70. The molecular weight excluding hydrogens is 385 g/mol. The summed E-state index contributed by atoms with van der Waals surface area (Å²) in [6.07, 6.45) is 5.76. The van der Waals surface area contributed by atoms with Crippen molar-refractivity contribution in [3.05, 3.63) is 95.8 Å². The highest BCUT2D eigenvalue weighted by Crippen LogP contribution is 2.39. The molecule has 0 radical (unpaired) electrons. The molecule has 6 nitrogen and oxygen atoms in total. The van der Waals surface area contributed by atoms with E-state index in [1.54, 1.807) is 42.9 Å². The molecule has 2 heterocycles. The maximum absolute atomic E-state index is 13.5. The van der Waals surface area contributed by atoms with E-state index in [9.17, 15) is 19.1 Å². The Balaban J connectivity index is 1.72. The summed E-state index contributed by atoms with van der Waals surface area (Å²) in [6.45, 7) is 0.925. The van der Waals surface area contributed by atoms with Gasteiger partial charge < -0.3 is 14.6 Å². The van der Waals surface area contributed by atoms with E-state index in [2.05, 4.69) is 4.98 Å². The predicted octanol–water partition coefficient (Wildman–Crippen LogP) is 3.53. The number of aliphatic hydroxyl groups excluding tert-OH is 1. The number of imidazole rings is 1. The minimum absolute atomic E-state index is 0.0143. The molecule has 1 fully saturated rings. The van der Waals surface area contributed by atoms with Crippen molar-refractivity contribution in [2.75, 3.05) is 6.54 Å². The molecule has 30 heavy (non-hydrogen) atoms. The number of Topliss-reactive ketones (excluding diaryl/α,β-unsaturated/α-hetero) is 1. The normalized spacial score (nSPS) is 18.2.